The molecule has 6 heteroatoms. The second kappa shape index (κ2) is 5.62. The van der Waals surface area contributed by atoms with Crippen molar-refractivity contribution in [1.82, 2.24) is 10.2 Å². The van der Waals surface area contributed by atoms with Gasteiger partial charge < -0.3 is 4.74 Å². The van der Waals surface area contributed by atoms with E-state index >= 15 is 0 Å². The van der Waals surface area contributed by atoms with E-state index in [9.17, 15) is 14.4 Å². The minimum Gasteiger partial charge on any atom is -0.496 e. The van der Waals surface area contributed by atoms with Gasteiger partial charge in [0.1, 0.15) is 12.0 Å². The first-order valence-corrected chi connectivity index (χ1v) is 5.79. The number of ether oxygens (including phenoxy) is 1. The molecule has 6 nitrogen and oxygen atoms in total. The number of rotatable bonds is 4. The molecular weight excluding hydrogens is 248 g/mol. The van der Waals surface area contributed by atoms with Crippen LogP contribution in [0.25, 0.3) is 0 Å². The van der Waals surface area contributed by atoms with Gasteiger partial charge in [0, 0.05) is 17.7 Å². The van der Waals surface area contributed by atoms with Crippen LogP contribution >= 0.6 is 0 Å². The van der Waals surface area contributed by atoms with Crippen LogP contribution in [0.1, 0.15) is 15.9 Å². The predicted octanol–water partition coefficient (Wildman–Crippen LogP) is -0.0339. The van der Waals surface area contributed by atoms with Crippen molar-refractivity contribution in [2.75, 3.05) is 20.2 Å². The first-order chi connectivity index (χ1) is 9.12. The van der Waals surface area contributed by atoms with Gasteiger partial charge in [-0.1, -0.05) is 0 Å². The first-order valence-electron chi connectivity index (χ1n) is 5.79. The molecule has 1 saturated heterocycles. The average Bonchev–Trinajstić information content (AvgIpc) is 2.37. The Hall–Kier alpha value is -2.21. The van der Waals surface area contributed by atoms with E-state index in [1.807, 2.05) is 0 Å². The number of carbonyl (C=O) groups is 3. The van der Waals surface area contributed by atoms with Crippen molar-refractivity contribution >= 4 is 18.1 Å². The number of carbonyl (C=O) groups excluding carboxylic acids is 3. The van der Waals surface area contributed by atoms with Gasteiger partial charge in [-0.05, 0) is 18.2 Å². The molecule has 0 spiro atoms. The zero-order chi connectivity index (χ0) is 13.8. The smallest absolute Gasteiger partial charge is 0.240 e. The normalized spacial score (nSPS) is 16.1. The van der Waals surface area contributed by atoms with Crippen molar-refractivity contribution in [1.29, 1.82) is 0 Å². The average molecular weight is 262 g/mol. The van der Waals surface area contributed by atoms with Crippen molar-refractivity contribution in [3.05, 3.63) is 29.3 Å². The van der Waals surface area contributed by atoms with E-state index in [1.165, 1.54) is 7.11 Å². The minimum atomic E-state index is -0.318. The van der Waals surface area contributed by atoms with E-state index in [1.54, 1.807) is 23.1 Å². The van der Waals surface area contributed by atoms with Crippen molar-refractivity contribution in [3.63, 3.8) is 0 Å². The molecule has 0 radical (unpaired) electrons. The summed E-state index contributed by atoms with van der Waals surface area (Å²) in [4.78, 5) is 35.1. The number of imide groups is 1. The van der Waals surface area contributed by atoms with Crippen LogP contribution < -0.4 is 10.1 Å². The highest BCUT2D eigenvalue weighted by Gasteiger charge is 2.23. The third kappa shape index (κ3) is 3.17. The van der Waals surface area contributed by atoms with E-state index < -0.39 is 0 Å². The first kappa shape index (κ1) is 13.2. The van der Waals surface area contributed by atoms with E-state index in [-0.39, 0.29) is 24.9 Å². The van der Waals surface area contributed by atoms with Crippen LogP contribution in [0.3, 0.4) is 0 Å². The zero-order valence-electron chi connectivity index (χ0n) is 10.5. The molecule has 1 aliphatic rings. The molecule has 0 atom stereocenters. The summed E-state index contributed by atoms with van der Waals surface area (Å²) in [5, 5.41) is 2.24. The second-order valence-corrected chi connectivity index (χ2v) is 4.31. The number of nitrogens with zero attached hydrogens (tertiary/aromatic N) is 1. The largest absolute Gasteiger partial charge is 0.496 e. The highest BCUT2D eigenvalue weighted by atomic mass is 16.5. The Morgan fingerprint density at radius 1 is 1.32 bits per heavy atom. The molecule has 1 aromatic carbocycles. The lowest BCUT2D eigenvalue weighted by molar-refractivity contribution is -0.136. The molecule has 2 rings (SSSR count). The van der Waals surface area contributed by atoms with E-state index in [2.05, 4.69) is 5.32 Å². The van der Waals surface area contributed by atoms with Crippen LogP contribution in [0.4, 0.5) is 0 Å². The Kier molecular flexibility index (Phi) is 3.91. The lowest BCUT2D eigenvalue weighted by Crippen LogP contribution is -2.50. The van der Waals surface area contributed by atoms with Gasteiger partial charge in [-0.15, -0.1) is 0 Å². The van der Waals surface area contributed by atoms with Gasteiger partial charge in [0.05, 0.1) is 20.2 Å². The fourth-order valence-electron chi connectivity index (χ4n) is 2.04. The third-order valence-corrected chi connectivity index (χ3v) is 2.85. The lowest BCUT2D eigenvalue weighted by atomic mass is 10.1. The molecule has 100 valence electrons. The van der Waals surface area contributed by atoms with Crippen LogP contribution in [0.15, 0.2) is 18.2 Å². The molecule has 1 fully saturated rings. The van der Waals surface area contributed by atoms with Crippen LogP contribution in [0.5, 0.6) is 5.75 Å². The number of nitrogens with one attached hydrogen (secondary N) is 1. The fourth-order valence-corrected chi connectivity index (χ4v) is 2.04. The Morgan fingerprint density at radius 2 is 2.00 bits per heavy atom. The molecule has 0 aromatic heterocycles. The number of hydrogen-bond donors (Lipinski definition) is 1. The number of aldehydes is 1. The van der Waals surface area contributed by atoms with Crippen LogP contribution in [0, 0.1) is 0 Å². The highest BCUT2D eigenvalue weighted by molar-refractivity contribution is 5.99. The summed E-state index contributed by atoms with van der Waals surface area (Å²) in [5.74, 6) is -0.00690. The summed E-state index contributed by atoms with van der Waals surface area (Å²) >= 11 is 0. The monoisotopic (exact) mass is 262 g/mol. The zero-order valence-corrected chi connectivity index (χ0v) is 10.5. The maximum absolute atomic E-state index is 11.3. The van der Waals surface area contributed by atoms with Gasteiger partial charge in [-0.25, -0.2) is 0 Å². The Balaban J connectivity index is 2.19. The standard InChI is InChI=1S/C13H14N2O4/c1-19-11-3-2-9(8-16)4-10(11)5-15-6-12(17)14-13(18)7-15/h2-4,8H,5-7H2,1H3,(H,14,17,18). The summed E-state index contributed by atoms with van der Waals surface area (Å²) in [6.45, 7) is 0.685. The molecule has 1 N–H and O–H groups in total. The third-order valence-electron chi connectivity index (χ3n) is 2.85. The van der Waals surface area contributed by atoms with Crippen LogP contribution in [-0.2, 0) is 16.1 Å². The summed E-state index contributed by atoms with van der Waals surface area (Å²) in [6.07, 6.45) is 0.747. The summed E-state index contributed by atoms with van der Waals surface area (Å²) in [7, 11) is 1.54. The molecule has 2 amide bonds. The van der Waals surface area contributed by atoms with Crippen molar-refractivity contribution < 1.29 is 19.1 Å². The molecule has 1 heterocycles. The van der Waals surface area contributed by atoms with Crippen molar-refractivity contribution in [3.8, 4) is 5.75 Å². The highest BCUT2D eigenvalue weighted by Crippen LogP contribution is 2.21. The van der Waals surface area contributed by atoms with Gasteiger partial charge >= 0.3 is 0 Å². The number of piperazine rings is 1. The Morgan fingerprint density at radius 3 is 2.58 bits per heavy atom. The quantitative estimate of drug-likeness (QED) is 0.609. The molecule has 1 aromatic rings. The predicted molar refractivity (Wildman–Crippen MR) is 66.8 cm³/mol. The van der Waals surface area contributed by atoms with E-state index in [4.69, 9.17) is 4.74 Å². The number of hydrogen-bond acceptors (Lipinski definition) is 5. The maximum Gasteiger partial charge on any atom is 0.240 e. The Labute approximate surface area is 110 Å². The summed E-state index contributed by atoms with van der Waals surface area (Å²) in [6, 6.07) is 5.05. The van der Waals surface area contributed by atoms with Crippen LogP contribution in [-0.4, -0.2) is 43.2 Å². The van der Waals surface area contributed by atoms with Crippen molar-refractivity contribution in [2.24, 2.45) is 0 Å². The van der Waals surface area contributed by atoms with Crippen LogP contribution in [0.2, 0.25) is 0 Å². The van der Waals surface area contributed by atoms with Gasteiger partial charge in [0.15, 0.2) is 0 Å². The molecule has 0 unspecified atom stereocenters. The van der Waals surface area contributed by atoms with Gasteiger partial charge in [-0.2, -0.15) is 0 Å². The van der Waals surface area contributed by atoms with E-state index in [0.29, 0.717) is 17.9 Å². The van der Waals surface area contributed by atoms with Gasteiger partial charge in [-0.3, -0.25) is 24.6 Å². The number of amides is 2. The molecule has 1 aliphatic heterocycles. The Bertz CT molecular complexity index is 511. The summed E-state index contributed by atoms with van der Waals surface area (Å²) in [5.41, 5.74) is 1.30. The number of benzene rings is 1. The van der Waals surface area contributed by atoms with Crippen molar-refractivity contribution in [2.45, 2.75) is 6.54 Å². The minimum absolute atomic E-state index is 0.153. The molecular formula is C13H14N2O4. The number of methoxy groups -OCH3 is 1. The fraction of sp³-hybridized carbons (Fsp3) is 0.308. The molecule has 19 heavy (non-hydrogen) atoms. The van der Waals surface area contributed by atoms with Gasteiger partial charge in [0.25, 0.3) is 0 Å². The molecule has 0 saturated carbocycles. The van der Waals surface area contributed by atoms with E-state index in [0.717, 1.165) is 11.8 Å². The molecule has 0 bridgehead atoms. The maximum atomic E-state index is 11.3. The lowest BCUT2D eigenvalue weighted by Gasteiger charge is -2.25. The van der Waals surface area contributed by atoms with Gasteiger partial charge in [0.2, 0.25) is 11.8 Å². The second-order valence-electron chi connectivity index (χ2n) is 4.31. The SMILES string of the molecule is COc1ccc(C=O)cc1CN1CC(=O)NC(=O)C1. The topological polar surface area (TPSA) is 75.7 Å². The molecule has 0 aliphatic carbocycles. The summed E-state index contributed by atoms with van der Waals surface area (Å²) < 4.78 is 5.21.